The number of anilines is 1. The average molecular weight is 399 g/mol. The monoisotopic (exact) mass is 398 g/mol. The van der Waals surface area contributed by atoms with Gasteiger partial charge in [-0.3, -0.25) is 0 Å². The minimum absolute atomic E-state index is 0.0288. The van der Waals surface area contributed by atoms with E-state index in [2.05, 4.69) is 15.3 Å². The molecule has 27 heavy (non-hydrogen) atoms. The molecule has 2 heterocycles. The van der Waals surface area contributed by atoms with Gasteiger partial charge in [0.05, 0.1) is 22.7 Å². The fraction of sp³-hybridized carbons (Fsp3) is 0.235. The summed E-state index contributed by atoms with van der Waals surface area (Å²) in [5.74, 6) is 0.0288. The lowest BCUT2D eigenvalue weighted by molar-refractivity contribution is -0.141. The molecule has 3 aromatic rings. The van der Waals surface area contributed by atoms with E-state index in [1.165, 1.54) is 18.2 Å². The molecule has 0 aliphatic carbocycles. The number of aromatic nitrogens is 3. The van der Waals surface area contributed by atoms with Gasteiger partial charge in [0, 0.05) is 6.04 Å². The highest BCUT2D eigenvalue weighted by Gasteiger charge is 2.33. The SMILES string of the molecule is CC(CO)Nc1nc(=O)n(-c2ccccc2Cl)c2nc(C(F)(F)F)ccc12. The summed E-state index contributed by atoms with van der Waals surface area (Å²) in [6, 6.07) is 7.71. The lowest BCUT2D eigenvalue weighted by Gasteiger charge is -2.17. The summed E-state index contributed by atoms with van der Waals surface area (Å²) in [6.07, 6.45) is -4.69. The maximum atomic E-state index is 13.2. The Bertz CT molecular complexity index is 1050. The van der Waals surface area contributed by atoms with Gasteiger partial charge in [-0.1, -0.05) is 23.7 Å². The Hall–Kier alpha value is -2.65. The summed E-state index contributed by atoms with van der Waals surface area (Å²) in [6.45, 7) is 1.37. The van der Waals surface area contributed by atoms with Gasteiger partial charge in [-0.15, -0.1) is 0 Å². The van der Waals surface area contributed by atoms with E-state index in [1.54, 1.807) is 19.1 Å². The van der Waals surface area contributed by atoms with Gasteiger partial charge in [0.25, 0.3) is 0 Å². The molecule has 0 saturated carbocycles. The molecule has 0 spiro atoms. The van der Waals surface area contributed by atoms with E-state index in [0.29, 0.717) is 0 Å². The summed E-state index contributed by atoms with van der Waals surface area (Å²) in [4.78, 5) is 20.2. The van der Waals surface area contributed by atoms with Crippen LogP contribution < -0.4 is 11.0 Å². The number of nitrogens with one attached hydrogen (secondary N) is 1. The van der Waals surface area contributed by atoms with Crippen molar-refractivity contribution < 1.29 is 18.3 Å². The van der Waals surface area contributed by atoms with Gasteiger partial charge in [0.1, 0.15) is 11.5 Å². The first kappa shape index (κ1) is 19.1. The van der Waals surface area contributed by atoms with Crippen LogP contribution in [0.3, 0.4) is 0 Å². The second-order valence-electron chi connectivity index (χ2n) is 5.82. The van der Waals surface area contributed by atoms with Crippen molar-refractivity contribution in [3.63, 3.8) is 0 Å². The Kier molecular flexibility index (Phi) is 5.07. The molecule has 0 aliphatic rings. The number of aliphatic hydroxyl groups excluding tert-OH is 1. The second-order valence-corrected chi connectivity index (χ2v) is 6.23. The molecule has 10 heteroatoms. The lowest BCUT2D eigenvalue weighted by atomic mass is 10.2. The number of benzene rings is 1. The minimum atomic E-state index is -4.69. The number of rotatable bonds is 4. The van der Waals surface area contributed by atoms with E-state index in [4.69, 9.17) is 11.6 Å². The zero-order valence-electron chi connectivity index (χ0n) is 14.0. The highest BCUT2D eigenvalue weighted by Crippen LogP contribution is 2.31. The van der Waals surface area contributed by atoms with Crippen LogP contribution in [0, 0.1) is 0 Å². The van der Waals surface area contributed by atoms with Crippen molar-refractivity contribution in [2.75, 3.05) is 11.9 Å². The van der Waals surface area contributed by atoms with E-state index in [1.807, 2.05) is 0 Å². The Morgan fingerprint density at radius 1 is 1.22 bits per heavy atom. The molecule has 0 saturated heterocycles. The van der Waals surface area contributed by atoms with Gasteiger partial charge >= 0.3 is 11.9 Å². The van der Waals surface area contributed by atoms with Crippen LogP contribution >= 0.6 is 11.6 Å². The zero-order valence-corrected chi connectivity index (χ0v) is 14.7. The molecule has 0 fully saturated rings. The molecule has 0 bridgehead atoms. The van der Waals surface area contributed by atoms with Crippen LogP contribution in [-0.2, 0) is 6.18 Å². The van der Waals surface area contributed by atoms with E-state index in [0.717, 1.165) is 10.6 Å². The maximum Gasteiger partial charge on any atom is 0.433 e. The zero-order chi connectivity index (χ0) is 19.8. The van der Waals surface area contributed by atoms with Crippen molar-refractivity contribution in [1.82, 2.24) is 14.5 Å². The third-order valence-corrected chi connectivity index (χ3v) is 4.10. The lowest BCUT2D eigenvalue weighted by Crippen LogP contribution is -2.28. The van der Waals surface area contributed by atoms with E-state index in [-0.39, 0.29) is 34.2 Å². The third kappa shape index (κ3) is 3.74. The van der Waals surface area contributed by atoms with Crippen LogP contribution in [0.1, 0.15) is 12.6 Å². The Morgan fingerprint density at radius 2 is 1.93 bits per heavy atom. The first-order chi connectivity index (χ1) is 12.7. The maximum absolute atomic E-state index is 13.2. The molecule has 2 N–H and O–H groups in total. The van der Waals surface area contributed by atoms with Gasteiger partial charge in [-0.05, 0) is 31.2 Å². The first-order valence-electron chi connectivity index (χ1n) is 7.85. The average Bonchev–Trinajstić information content (AvgIpc) is 2.61. The van der Waals surface area contributed by atoms with Gasteiger partial charge < -0.3 is 10.4 Å². The van der Waals surface area contributed by atoms with Crippen LogP contribution in [-0.4, -0.2) is 32.3 Å². The summed E-state index contributed by atoms with van der Waals surface area (Å²) in [5.41, 5.74) is -2.08. The largest absolute Gasteiger partial charge is 0.433 e. The number of pyridine rings is 1. The molecule has 0 radical (unpaired) electrons. The third-order valence-electron chi connectivity index (χ3n) is 3.78. The molecule has 1 unspecified atom stereocenters. The molecule has 2 aromatic heterocycles. The number of halogens is 4. The molecule has 142 valence electrons. The number of alkyl halides is 3. The van der Waals surface area contributed by atoms with E-state index >= 15 is 0 Å². The van der Waals surface area contributed by atoms with Gasteiger partial charge in [0.15, 0.2) is 5.65 Å². The number of hydrogen-bond acceptors (Lipinski definition) is 5. The van der Waals surface area contributed by atoms with Crippen LogP contribution in [0.5, 0.6) is 0 Å². The van der Waals surface area contributed by atoms with Gasteiger partial charge in [0.2, 0.25) is 0 Å². The molecular weight excluding hydrogens is 385 g/mol. The van der Waals surface area contributed by atoms with Gasteiger partial charge in [-0.2, -0.15) is 18.2 Å². The smallest absolute Gasteiger partial charge is 0.394 e. The Morgan fingerprint density at radius 3 is 2.56 bits per heavy atom. The van der Waals surface area contributed by atoms with Crippen molar-refractivity contribution in [3.8, 4) is 5.69 Å². The predicted molar refractivity (Wildman–Crippen MR) is 95.3 cm³/mol. The highest BCUT2D eigenvalue weighted by atomic mass is 35.5. The topological polar surface area (TPSA) is 80.0 Å². The molecule has 6 nitrogen and oxygen atoms in total. The highest BCUT2D eigenvalue weighted by molar-refractivity contribution is 6.32. The van der Waals surface area contributed by atoms with Crippen molar-refractivity contribution in [1.29, 1.82) is 0 Å². The van der Waals surface area contributed by atoms with Crippen molar-refractivity contribution in [2.24, 2.45) is 0 Å². The summed E-state index contributed by atoms with van der Waals surface area (Å²) in [7, 11) is 0. The number of aliphatic hydroxyl groups is 1. The quantitative estimate of drug-likeness (QED) is 0.705. The molecule has 1 atom stereocenters. The van der Waals surface area contributed by atoms with Gasteiger partial charge in [-0.25, -0.2) is 14.3 Å². The van der Waals surface area contributed by atoms with Crippen LogP contribution in [0.2, 0.25) is 5.02 Å². The number of hydrogen-bond donors (Lipinski definition) is 2. The molecule has 0 amide bonds. The number of nitrogens with zero attached hydrogens (tertiary/aromatic N) is 3. The molecular formula is C17H14ClF3N4O2. The van der Waals surface area contributed by atoms with E-state index < -0.39 is 23.6 Å². The van der Waals surface area contributed by atoms with E-state index in [9.17, 15) is 23.1 Å². The fourth-order valence-corrected chi connectivity index (χ4v) is 2.72. The molecule has 1 aromatic carbocycles. The van der Waals surface area contributed by atoms with Crippen LogP contribution in [0.4, 0.5) is 19.0 Å². The predicted octanol–water partition coefficient (Wildman–Crippen LogP) is 3.25. The summed E-state index contributed by atoms with van der Waals surface area (Å²) in [5, 5.41) is 12.3. The van der Waals surface area contributed by atoms with Crippen molar-refractivity contribution in [2.45, 2.75) is 19.1 Å². The van der Waals surface area contributed by atoms with Crippen LogP contribution in [0.25, 0.3) is 16.7 Å². The van der Waals surface area contributed by atoms with Crippen molar-refractivity contribution >= 4 is 28.5 Å². The number of fused-ring (bicyclic) bond motifs is 1. The summed E-state index contributed by atoms with van der Waals surface area (Å²) >= 11 is 6.12. The summed E-state index contributed by atoms with van der Waals surface area (Å²) < 4.78 is 40.4. The standard InChI is InChI=1S/C17H14ClF3N4O2/c1-9(8-26)22-14-10-6-7-13(17(19,20)21)23-15(10)25(16(27)24-14)12-5-3-2-4-11(12)18/h2-7,9,26H,8H2,1H3,(H,22,24,27). The Labute approximate surface area is 156 Å². The second kappa shape index (κ2) is 7.16. The van der Waals surface area contributed by atoms with Crippen LogP contribution in [0.15, 0.2) is 41.2 Å². The normalized spacial score (nSPS) is 13.0. The minimum Gasteiger partial charge on any atom is -0.394 e. The molecule has 3 rings (SSSR count). The van der Waals surface area contributed by atoms with Crippen molar-refractivity contribution in [3.05, 3.63) is 57.6 Å². The number of para-hydroxylation sites is 1. The first-order valence-corrected chi connectivity index (χ1v) is 8.23. The fourth-order valence-electron chi connectivity index (χ4n) is 2.50. The molecule has 0 aliphatic heterocycles. The Balaban J connectivity index is 2.38.